The predicted octanol–water partition coefficient (Wildman–Crippen LogP) is 2.63. The Morgan fingerprint density at radius 3 is 2.59 bits per heavy atom. The van der Waals surface area contributed by atoms with Gasteiger partial charge in [-0.15, -0.1) is 0 Å². The number of ether oxygens (including phenoxy) is 4. The van der Waals surface area contributed by atoms with Crippen LogP contribution in [-0.2, 0) is 4.74 Å². The molecule has 0 spiro atoms. The molecule has 5 heteroatoms. The van der Waals surface area contributed by atoms with Gasteiger partial charge >= 0.3 is 0 Å². The Morgan fingerprint density at radius 2 is 1.95 bits per heavy atom. The Bertz CT molecular complexity index is 410. The molecule has 124 valence electrons. The highest BCUT2D eigenvalue weighted by Gasteiger charge is 2.14. The summed E-state index contributed by atoms with van der Waals surface area (Å²) >= 11 is 0. The molecule has 1 fully saturated rings. The molecule has 1 N–H and O–H groups in total. The second-order valence-electron chi connectivity index (χ2n) is 5.39. The molecule has 1 heterocycles. The van der Waals surface area contributed by atoms with Gasteiger partial charge in [0.15, 0.2) is 11.5 Å². The topological polar surface area (TPSA) is 49.0 Å². The number of rotatable bonds is 10. The first-order valence-electron chi connectivity index (χ1n) is 8.01. The summed E-state index contributed by atoms with van der Waals surface area (Å²) in [5.41, 5.74) is 0. The van der Waals surface area contributed by atoms with Crippen LogP contribution in [0.3, 0.4) is 0 Å². The van der Waals surface area contributed by atoms with Crippen LogP contribution >= 0.6 is 0 Å². The number of benzene rings is 1. The van der Waals surface area contributed by atoms with E-state index in [1.54, 1.807) is 14.2 Å². The maximum Gasteiger partial charge on any atom is 0.203 e. The standard InChI is InChI=1S/C17H27NO4/c1-19-15-8-5-9-16(20-2)17(15)22-11-4-3-10-18-13-14-7-6-12-21-14/h5,8-9,14,18H,3-4,6-7,10-13H2,1-2H3/t14-/m0/s1. The molecule has 0 amide bonds. The van der Waals surface area contributed by atoms with E-state index in [4.69, 9.17) is 18.9 Å². The quantitative estimate of drug-likeness (QED) is 0.673. The fraction of sp³-hybridized carbons (Fsp3) is 0.647. The lowest BCUT2D eigenvalue weighted by molar-refractivity contribution is 0.110. The monoisotopic (exact) mass is 309 g/mol. The Balaban J connectivity index is 1.62. The van der Waals surface area contributed by atoms with Crippen molar-refractivity contribution in [1.29, 1.82) is 0 Å². The summed E-state index contributed by atoms with van der Waals surface area (Å²) in [5, 5.41) is 3.44. The Morgan fingerprint density at radius 1 is 1.18 bits per heavy atom. The fourth-order valence-electron chi connectivity index (χ4n) is 2.55. The molecule has 1 aliphatic rings. The van der Waals surface area contributed by atoms with Crippen LogP contribution in [0, 0.1) is 0 Å². The Hall–Kier alpha value is -1.46. The molecule has 0 aromatic heterocycles. The fourth-order valence-corrected chi connectivity index (χ4v) is 2.55. The van der Waals surface area contributed by atoms with Gasteiger partial charge in [-0.2, -0.15) is 0 Å². The van der Waals surface area contributed by atoms with Crippen LogP contribution in [0.15, 0.2) is 18.2 Å². The highest BCUT2D eigenvalue weighted by Crippen LogP contribution is 2.36. The lowest BCUT2D eigenvalue weighted by Crippen LogP contribution is -2.27. The minimum atomic E-state index is 0.411. The highest BCUT2D eigenvalue weighted by atomic mass is 16.5. The van der Waals surface area contributed by atoms with Crippen molar-refractivity contribution in [2.24, 2.45) is 0 Å². The van der Waals surface area contributed by atoms with Gasteiger partial charge in [0.05, 0.1) is 26.9 Å². The van der Waals surface area contributed by atoms with E-state index in [9.17, 15) is 0 Å². The van der Waals surface area contributed by atoms with Gasteiger partial charge in [-0.05, 0) is 44.4 Å². The summed E-state index contributed by atoms with van der Waals surface area (Å²) in [6.45, 7) is 3.52. The summed E-state index contributed by atoms with van der Waals surface area (Å²) in [6.07, 6.45) is 4.85. The zero-order valence-corrected chi connectivity index (χ0v) is 13.6. The molecule has 0 saturated carbocycles. The molecule has 1 aliphatic heterocycles. The maximum absolute atomic E-state index is 5.83. The van der Waals surface area contributed by atoms with Gasteiger partial charge in [0.25, 0.3) is 0 Å². The van der Waals surface area contributed by atoms with E-state index >= 15 is 0 Å². The summed E-state index contributed by atoms with van der Waals surface area (Å²) in [7, 11) is 3.27. The van der Waals surface area contributed by atoms with E-state index in [1.165, 1.54) is 12.8 Å². The first-order valence-corrected chi connectivity index (χ1v) is 8.01. The smallest absolute Gasteiger partial charge is 0.203 e. The highest BCUT2D eigenvalue weighted by molar-refractivity contribution is 5.51. The zero-order valence-electron chi connectivity index (χ0n) is 13.6. The number of methoxy groups -OCH3 is 2. The normalized spacial score (nSPS) is 17.5. The molecule has 2 rings (SSSR count). The number of unbranched alkanes of at least 4 members (excludes halogenated alkanes) is 1. The molecule has 1 aromatic carbocycles. The van der Waals surface area contributed by atoms with Crippen molar-refractivity contribution < 1.29 is 18.9 Å². The minimum Gasteiger partial charge on any atom is -0.493 e. The van der Waals surface area contributed by atoms with Crippen molar-refractivity contribution >= 4 is 0 Å². The first kappa shape index (κ1) is 16.9. The van der Waals surface area contributed by atoms with Gasteiger partial charge in [-0.25, -0.2) is 0 Å². The van der Waals surface area contributed by atoms with Crippen molar-refractivity contribution in [2.45, 2.75) is 31.8 Å². The van der Waals surface area contributed by atoms with Crippen LogP contribution in [0.4, 0.5) is 0 Å². The molecule has 1 saturated heterocycles. The number of para-hydroxylation sites is 1. The van der Waals surface area contributed by atoms with E-state index in [1.807, 2.05) is 18.2 Å². The number of hydrogen-bond donors (Lipinski definition) is 1. The van der Waals surface area contributed by atoms with Crippen molar-refractivity contribution in [3.05, 3.63) is 18.2 Å². The van der Waals surface area contributed by atoms with Crippen molar-refractivity contribution in [2.75, 3.05) is 40.5 Å². The zero-order chi connectivity index (χ0) is 15.6. The largest absolute Gasteiger partial charge is 0.493 e. The van der Waals surface area contributed by atoms with Gasteiger partial charge in [0, 0.05) is 13.2 Å². The van der Waals surface area contributed by atoms with Crippen LogP contribution in [0.2, 0.25) is 0 Å². The maximum atomic E-state index is 5.83. The third kappa shape index (κ3) is 5.07. The van der Waals surface area contributed by atoms with E-state index < -0.39 is 0 Å². The van der Waals surface area contributed by atoms with Crippen LogP contribution < -0.4 is 19.5 Å². The molecule has 0 radical (unpaired) electrons. The van der Waals surface area contributed by atoms with E-state index in [0.717, 1.165) is 32.5 Å². The third-order valence-electron chi connectivity index (χ3n) is 3.77. The van der Waals surface area contributed by atoms with E-state index in [0.29, 0.717) is 30.0 Å². The second kappa shape index (κ2) is 9.54. The third-order valence-corrected chi connectivity index (χ3v) is 3.77. The summed E-state index contributed by atoms with van der Waals surface area (Å²) < 4.78 is 22.0. The predicted molar refractivity (Wildman–Crippen MR) is 86.1 cm³/mol. The average Bonchev–Trinajstić information content (AvgIpc) is 3.07. The minimum absolute atomic E-state index is 0.411. The molecule has 0 bridgehead atoms. The molecule has 0 aliphatic carbocycles. The Kier molecular flexibility index (Phi) is 7.33. The van der Waals surface area contributed by atoms with Crippen molar-refractivity contribution in [3.63, 3.8) is 0 Å². The lowest BCUT2D eigenvalue weighted by Gasteiger charge is -2.14. The molecular weight excluding hydrogens is 282 g/mol. The Labute approximate surface area is 132 Å². The summed E-state index contributed by atoms with van der Waals surface area (Å²) in [6, 6.07) is 5.64. The SMILES string of the molecule is COc1cccc(OC)c1OCCCCNC[C@@H]1CCCO1. The van der Waals surface area contributed by atoms with Crippen LogP contribution in [0.25, 0.3) is 0 Å². The molecule has 1 aromatic rings. The van der Waals surface area contributed by atoms with Crippen LogP contribution in [0.5, 0.6) is 17.2 Å². The van der Waals surface area contributed by atoms with Gasteiger partial charge in [0.2, 0.25) is 5.75 Å². The second-order valence-corrected chi connectivity index (χ2v) is 5.39. The lowest BCUT2D eigenvalue weighted by atomic mass is 10.2. The van der Waals surface area contributed by atoms with Gasteiger partial charge < -0.3 is 24.3 Å². The number of hydrogen-bond acceptors (Lipinski definition) is 5. The number of nitrogens with one attached hydrogen (secondary N) is 1. The average molecular weight is 309 g/mol. The van der Waals surface area contributed by atoms with Gasteiger partial charge in [0.1, 0.15) is 0 Å². The van der Waals surface area contributed by atoms with E-state index in [-0.39, 0.29) is 0 Å². The van der Waals surface area contributed by atoms with Crippen LogP contribution in [0.1, 0.15) is 25.7 Å². The molecular formula is C17H27NO4. The van der Waals surface area contributed by atoms with Gasteiger partial charge in [-0.1, -0.05) is 6.07 Å². The summed E-state index contributed by atoms with van der Waals surface area (Å²) in [4.78, 5) is 0. The van der Waals surface area contributed by atoms with Gasteiger partial charge in [-0.3, -0.25) is 0 Å². The van der Waals surface area contributed by atoms with Crippen LogP contribution in [-0.4, -0.2) is 46.6 Å². The van der Waals surface area contributed by atoms with Crippen molar-refractivity contribution in [3.8, 4) is 17.2 Å². The molecule has 1 atom stereocenters. The van der Waals surface area contributed by atoms with E-state index in [2.05, 4.69) is 5.32 Å². The molecule has 5 nitrogen and oxygen atoms in total. The molecule has 0 unspecified atom stereocenters. The molecule has 22 heavy (non-hydrogen) atoms. The summed E-state index contributed by atoms with van der Waals surface area (Å²) in [5.74, 6) is 2.09. The first-order chi connectivity index (χ1) is 10.8. The van der Waals surface area contributed by atoms with Crippen molar-refractivity contribution in [1.82, 2.24) is 5.32 Å².